The average Bonchev–Trinajstić information content (AvgIpc) is 2.69. The predicted octanol–water partition coefficient (Wildman–Crippen LogP) is 2.69. The summed E-state index contributed by atoms with van der Waals surface area (Å²) in [5.41, 5.74) is 3.27. The Labute approximate surface area is 103 Å². The monoisotopic (exact) mass is 231 g/mol. The maximum absolute atomic E-state index is 6.02. The summed E-state index contributed by atoms with van der Waals surface area (Å²) in [7, 11) is 0. The van der Waals surface area contributed by atoms with E-state index in [1.165, 1.54) is 17.5 Å². The quantitative estimate of drug-likeness (QED) is 0.802. The van der Waals surface area contributed by atoms with Gasteiger partial charge in [0, 0.05) is 12.6 Å². The molecular formula is C15H21NO. The molecule has 3 rings (SSSR count). The number of fused-ring (bicyclic) bond motifs is 1. The predicted molar refractivity (Wildman–Crippen MR) is 69.0 cm³/mol. The van der Waals surface area contributed by atoms with Gasteiger partial charge in [-0.2, -0.15) is 0 Å². The molecule has 1 saturated heterocycles. The highest BCUT2D eigenvalue weighted by atomic mass is 16.5. The molecule has 2 heteroatoms. The minimum Gasteiger partial charge on any atom is -0.372 e. The van der Waals surface area contributed by atoms with Crippen LogP contribution in [0.5, 0.6) is 0 Å². The van der Waals surface area contributed by atoms with Crippen molar-refractivity contribution in [3.8, 4) is 0 Å². The molecule has 1 aromatic rings. The third-order valence-electron chi connectivity index (χ3n) is 4.01. The number of ether oxygens (including phenoxy) is 1. The van der Waals surface area contributed by atoms with E-state index in [1.807, 2.05) is 0 Å². The molecular weight excluding hydrogens is 210 g/mol. The number of benzene rings is 1. The number of nitrogens with one attached hydrogen (secondary N) is 1. The van der Waals surface area contributed by atoms with Crippen molar-refractivity contribution < 1.29 is 4.74 Å². The molecule has 0 amide bonds. The van der Waals surface area contributed by atoms with E-state index < -0.39 is 0 Å². The Morgan fingerprint density at radius 2 is 2.12 bits per heavy atom. The molecule has 0 spiro atoms. The molecule has 0 unspecified atom stereocenters. The third kappa shape index (κ3) is 2.12. The number of rotatable bonds is 1. The molecule has 0 bridgehead atoms. The second kappa shape index (κ2) is 4.11. The van der Waals surface area contributed by atoms with Gasteiger partial charge < -0.3 is 10.1 Å². The zero-order valence-corrected chi connectivity index (χ0v) is 10.7. The van der Waals surface area contributed by atoms with Crippen LogP contribution in [0.25, 0.3) is 0 Å². The minimum absolute atomic E-state index is 0.252. The summed E-state index contributed by atoms with van der Waals surface area (Å²) >= 11 is 0. The Kier molecular flexibility index (Phi) is 2.72. The zero-order valence-electron chi connectivity index (χ0n) is 10.7. The Bertz CT molecular complexity index is 413. The molecule has 0 radical (unpaired) electrons. The highest BCUT2D eigenvalue weighted by molar-refractivity contribution is 5.32. The first kappa shape index (κ1) is 11.2. The number of hydrogen-bond acceptors (Lipinski definition) is 2. The molecule has 2 heterocycles. The van der Waals surface area contributed by atoms with Crippen molar-refractivity contribution in [2.75, 3.05) is 13.2 Å². The van der Waals surface area contributed by atoms with Crippen molar-refractivity contribution in [1.29, 1.82) is 0 Å². The normalized spacial score (nSPS) is 31.2. The molecule has 2 atom stereocenters. The van der Waals surface area contributed by atoms with Crippen LogP contribution in [0.2, 0.25) is 0 Å². The Morgan fingerprint density at radius 1 is 1.29 bits per heavy atom. The molecule has 0 saturated carbocycles. The summed E-state index contributed by atoms with van der Waals surface area (Å²) in [5, 5.41) is 3.63. The maximum atomic E-state index is 6.02. The highest BCUT2D eigenvalue weighted by Crippen LogP contribution is 2.37. The summed E-state index contributed by atoms with van der Waals surface area (Å²) in [6, 6.07) is 9.21. The summed E-state index contributed by atoms with van der Waals surface area (Å²) < 4.78 is 6.02. The van der Waals surface area contributed by atoms with Crippen LogP contribution in [0, 0.1) is 5.41 Å². The SMILES string of the molecule is CC1(C)CN[C@@H]([C@@H]2OCCc3ccccc32)C1. The lowest BCUT2D eigenvalue weighted by molar-refractivity contribution is 0.0181. The molecule has 2 aliphatic heterocycles. The first-order valence-electron chi connectivity index (χ1n) is 6.58. The largest absolute Gasteiger partial charge is 0.372 e. The number of hydrogen-bond donors (Lipinski definition) is 1. The van der Waals surface area contributed by atoms with Gasteiger partial charge in [-0.25, -0.2) is 0 Å². The smallest absolute Gasteiger partial charge is 0.0980 e. The second-order valence-electron chi connectivity index (χ2n) is 6.10. The van der Waals surface area contributed by atoms with Crippen LogP contribution in [0.15, 0.2) is 24.3 Å². The fourth-order valence-electron chi connectivity index (χ4n) is 3.12. The van der Waals surface area contributed by atoms with Crippen LogP contribution in [0.3, 0.4) is 0 Å². The fourth-order valence-corrected chi connectivity index (χ4v) is 3.12. The van der Waals surface area contributed by atoms with E-state index in [4.69, 9.17) is 4.74 Å². The lowest BCUT2D eigenvalue weighted by Crippen LogP contribution is -2.33. The van der Waals surface area contributed by atoms with Crippen molar-refractivity contribution >= 4 is 0 Å². The van der Waals surface area contributed by atoms with Gasteiger partial charge in [0.25, 0.3) is 0 Å². The van der Waals surface area contributed by atoms with Gasteiger partial charge in [-0.3, -0.25) is 0 Å². The van der Waals surface area contributed by atoms with E-state index >= 15 is 0 Å². The van der Waals surface area contributed by atoms with Crippen molar-refractivity contribution in [3.05, 3.63) is 35.4 Å². The Balaban J connectivity index is 1.86. The zero-order chi connectivity index (χ0) is 11.9. The summed E-state index contributed by atoms with van der Waals surface area (Å²) in [6.45, 7) is 6.61. The van der Waals surface area contributed by atoms with E-state index in [0.717, 1.165) is 19.6 Å². The van der Waals surface area contributed by atoms with Gasteiger partial charge in [0.1, 0.15) is 0 Å². The average molecular weight is 231 g/mol. The lowest BCUT2D eigenvalue weighted by Gasteiger charge is -2.31. The van der Waals surface area contributed by atoms with E-state index in [1.54, 1.807) is 0 Å². The topological polar surface area (TPSA) is 21.3 Å². The van der Waals surface area contributed by atoms with Gasteiger partial charge in [-0.15, -0.1) is 0 Å². The summed E-state index contributed by atoms with van der Waals surface area (Å²) in [6.07, 6.45) is 2.51. The Hall–Kier alpha value is -0.860. The van der Waals surface area contributed by atoms with Gasteiger partial charge in [0.15, 0.2) is 0 Å². The van der Waals surface area contributed by atoms with Gasteiger partial charge in [0.2, 0.25) is 0 Å². The molecule has 0 aliphatic carbocycles. The molecule has 2 nitrogen and oxygen atoms in total. The summed E-state index contributed by atoms with van der Waals surface area (Å²) in [4.78, 5) is 0. The van der Waals surface area contributed by atoms with E-state index in [2.05, 4.69) is 43.4 Å². The van der Waals surface area contributed by atoms with Crippen molar-refractivity contribution in [2.24, 2.45) is 5.41 Å². The van der Waals surface area contributed by atoms with Crippen LogP contribution >= 0.6 is 0 Å². The minimum atomic E-state index is 0.252. The molecule has 0 aromatic heterocycles. The van der Waals surface area contributed by atoms with Gasteiger partial charge in [0.05, 0.1) is 12.7 Å². The standard InChI is InChI=1S/C15H21NO/c1-15(2)9-13(16-10-15)14-12-6-4-3-5-11(12)7-8-17-14/h3-6,13-14,16H,7-10H2,1-2H3/t13-,14-/m1/s1. The molecule has 2 aliphatic rings. The first-order valence-corrected chi connectivity index (χ1v) is 6.58. The van der Waals surface area contributed by atoms with Crippen molar-refractivity contribution in [3.63, 3.8) is 0 Å². The van der Waals surface area contributed by atoms with Gasteiger partial charge >= 0.3 is 0 Å². The van der Waals surface area contributed by atoms with Crippen LogP contribution in [0.4, 0.5) is 0 Å². The maximum Gasteiger partial charge on any atom is 0.0980 e. The van der Waals surface area contributed by atoms with E-state index in [0.29, 0.717) is 11.5 Å². The van der Waals surface area contributed by atoms with Gasteiger partial charge in [-0.05, 0) is 29.4 Å². The fraction of sp³-hybridized carbons (Fsp3) is 0.600. The third-order valence-corrected chi connectivity index (χ3v) is 4.01. The van der Waals surface area contributed by atoms with E-state index in [-0.39, 0.29) is 6.10 Å². The van der Waals surface area contributed by atoms with Crippen LogP contribution < -0.4 is 5.32 Å². The first-order chi connectivity index (χ1) is 8.16. The molecule has 1 N–H and O–H groups in total. The molecule has 17 heavy (non-hydrogen) atoms. The lowest BCUT2D eigenvalue weighted by atomic mass is 9.86. The van der Waals surface area contributed by atoms with E-state index in [9.17, 15) is 0 Å². The van der Waals surface area contributed by atoms with Crippen LogP contribution in [-0.4, -0.2) is 19.2 Å². The van der Waals surface area contributed by atoms with Crippen molar-refractivity contribution in [2.45, 2.75) is 38.8 Å². The second-order valence-corrected chi connectivity index (χ2v) is 6.10. The molecule has 92 valence electrons. The molecule has 1 aromatic carbocycles. The van der Waals surface area contributed by atoms with Gasteiger partial charge in [-0.1, -0.05) is 38.1 Å². The Morgan fingerprint density at radius 3 is 2.88 bits per heavy atom. The highest BCUT2D eigenvalue weighted by Gasteiger charge is 2.37. The summed E-state index contributed by atoms with van der Waals surface area (Å²) in [5.74, 6) is 0. The molecule has 1 fully saturated rings. The van der Waals surface area contributed by atoms with Crippen molar-refractivity contribution in [1.82, 2.24) is 5.32 Å². The van der Waals surface area contributed by atoms with Crippen LogP contribution in [-0.2, 0) is 11.2 Å². The van der Waals surface area contributed by atoms with Crippen LogP contribution in [0.1, 0.15) is 37.5 Å².